The van der Waals surface area contributed by atoms with Crippen molar-refractivity contribution in [2.45, 2.75) is 53.2 Å². The molecule has 1 aromatic carbocycles. The van der Waals surface area contributed by atoms with Crippen molar-refractivity contribution in [1.29, 1.82) is 0 Å². The lowest BCUT2D eigenvalue weighted by Crippen LogP contribution is -2.43. The van der Waals surface area contributed by atoms with Crippen molar-refractivity contribution in [2.75, 3.05) is 23.9 Å². The maximum absolute atomic E-state index is 12.9. The predicted molar refractivity (Wildman–Crippen MR) is 133 cm³/mol. The van der Waals surface area contributed by atoms with E-state index in [0.717, 1.165) is 5.56 Å². The fourth-order valence-electron chi connectivity index (χ4n) is 3.38. The number of nitrogens with zero attached hydrogens (tertiary/aromatic N) is 3. The van der Waals surface area contributed by atoms with Gasteiger partial charge in [0.15, 0.2) is 5.65 Å². The summed E-state index contributed by atoms with van der Waals surface area (Å²) < 4.78 is 10.4. The number of benzene rings is 1. The Kier molecular flexibility index (Phi) is 8.22. The molecule has 3 aromatic rings. The fourth-order valence-corrected chi connectivity index (χ4v) is 3.38. The van der Waals surface area contributed by atoms with Crippen LogP contribution >= 0.6 is 0 Å². The molecule has 0 radical (unpaired) electrons. The smallest absolute Gasteiger partial charge is 0.414 e. The highest BCUT2D eigenvalue weighted by molar-refractivity contribution is 5.92. The quantitative estimate of drug-likeness (QED) is 0.458. The van der Waals surface area contributed by atoms with Crippen LogP contribution in [-0.4, -0.2) is 52.8 Å². The van der Waals surface area contributed by atoms with Crippen LogP contribution in [0.25, 0.3) is 22.6 Å². The van der Waals surface area contributed by atoms with E-state index in [-0.39, 0.29) is 30.4 Å². The van der Waals surface area contributed by atoms with Crippen LogP contribution in [0.1, 0.15) is 41.0 Å². The van der Waals surface area contributed by atoms with Crippen molar-refractivity contribution in [3.8, 4) is 11.4 Å². The number of hydrogen-bond donors (Lipinski definition) is 2. The van der Waals surface area contributed by atoms with Gasteiger partial charge in [0.2, 0.25) is 5.91 Å². The largest absolute Gasteiger partial charge is 0.446 e. The van der Waals surface area contributed by atoms with E-state index in [0.29, 0.717) is 35.0 Å². The molecule has 1 unspecified atom stereocenters. The molecule has 2 amide bonds. The number of fused-ring (bicyclic) bond motifs is 1. The third-order valence-electron chi connectivity index (χ3n) is 5.46. The number of aromatic nitrogens is 3. The fraction of sp³-hybridized carbons (Fsp3) is 0.440. The number of H-pyrrole nitrogens is 1. The maximum atomic E-state index is 12.9. The van der Waals surface area contributed by atoms with E-state index in [1.165, 1.54) is 0 Å². The van der Waals surface area contributed by atoms with Crippen molar-refractivity contribution in [3.63, 3.8) is 0 Å². The number of rotatable bonds is 9. The molecular weight excluding hydrogens is 434 g/mol. The Hall–Kier alpha value is -3.46. The molecule has 0 aliphatic carbocycles. The first-order chi connectivity index (χ1) is 16.2. The van der Waals surface area contributed by atoms with Crippen LogP contribution in [0.5, 0.6) is 0 Å². The van der Waals surface area contributed by atoms with E-state index in [2.05, 4.69) is 29.1 Å². The summed E-state index contributed by atoms with van der Waals surface area (Å²) in [4.78, 5) is 38.9. The zero-order chi connectivity index (χ0) is 24.8. The van der Waals surface area contributed by atoms with E-state index in [1.807, 2.05) is 51.1 Å². The van der Waals surface area contributed by atoms with Crippen LogP contribution in [0.15, 0.2) is 36.5 Å². The van der Waals surface area contributed by atoms with Crippen LogP contribution in [0.2, 0.25) is 0 Å². The minimum Gasteiger partial charge on any atom is -0.446 e. The molecule has 0 fully saturated rings. The molecule has 9 heteroatoms. The first kappa shape index (κ1) is 25.2. The van der Waals surface area contributed by atoms with E-state index >= 15 is 0 Å². The number of anilines is 2. The van der Waals surface area contributed by atoms with Crippen LogP contribution in [0.3, 0.4) is 0 Å². The molecule has 9 nitrogen and oxygen atoms in total. The molecule has 3 rings (SSSR count). The number of pyridine rings is 1. The highest BCUT2D eigenvalue weighted by atomic mass is 16.6. The summed E-state index contributed by atoms with van der Waals surface area (Å²) in [6.45, 7) is 10.1. The van der Waals surface area contributed by atoms with E-state index in [1.54, 1.807) is 18.2 Å². The van der Waals surface area contributed by atoms with Crippen LogP contribution < -0.4 is 10.2 Å². The predicted octanol–water partition coefficient (Wildman–Crippen LogP) is 5.00. The lowest BCUT2D eigenvalue weighted by Gasteiger charge is -2.31. The second-order valence-electron chi connectivity index (χ2n) is 8.81. The molecule has 0 spiro atoms. The van der Waals surface area contributed by atoms with Crippen molar-refractivity contribution >= 4 is 34.5 Å². The molecule has 0 saturated heterocycles. The zero-order valence-electron chi connectivity index (χ0n) is 20.6. The Morgan fingerprint density at radius 1 is 1.15 bits per heavy atom. The monoisotopic (exact) mass is 467 g/mol. The van der Waals surface area contributed by atoms with Gasteiger partial charge >= 0.3 is 6.09 Å². The molecule has 2 N–H and O–H groups in total. The van der Waals surface area contributed by atoms with Gasteiger partial charge in [0.05, 0.1) is 31.0 Å². The van der Waals surface area contributed by atoms with Crippen molar-refractivity contribution < 1.29 is 19.1 Å². The number of methoxy groups -OCH3 is 1. The molecule has 182 valence electrons. The maximum Gasteiger partial charge on any atom is 0.414 e. The third kappa shape index (κ3) is 6.11. The van der Waals surface area contributed by atoms with Gasteiger partial charge in [0, 0.05) is 24.4 Å². The van der Waals surface area contributed by atoms with Gasteiger partial charge in [-0.3, -0.25) is 9.69 Å². The third-order valence-corrected chi connectivity index (χ3v) is 5.46. The summed E-state index contributed by atoms with van der Waals surface area (Å²) in [5.41, 5.74) is 3.32. The molecule has 1 atom stereocenters. The molecule has 2 heterocycles. The first-order valence-electron chi connectivity index (χ1n) is 11.4. The molecule has 0 bridgehead atoms. The Bertz CT molecular complexity index is 1140. The summed E-state index contributed by atoms with van der Waals surface area (Å²) in [6.07, 6.45) is 1.29. The summed E-state index contributed by atoms with van der Waals surface area (Å²) >= 11 is 0. The zero-order valence-corrected chi connectivity index (χ0v) is 20.6. The van der Waals surface area contributed by atoms with Gasteiger partial charge in [-0.25, -0.2) is 14.8 Å². The van der Waals surface area contributed by atoms with Gasteiger partial charge in [0.25, 0.3) is 0 Å². The van der Waals surface area contributed by atoms with Gasteiger partial charge < -0.3 is 19.8 Å². The summed E-state index contributed by atoms with van der Waals surface area (Å²) in [5.74, 6) is 0.704. The second kappa shape index (κ2) is 11.1. The van der Waals surface area contributed by atoms with Crippen LogP contribution in [-0.2, 0) is 14.3 Å². The average Bonchev–Trinajstić information content (AvgIpc) is 3.21. The Labute approximate surface area is 199 Å². The van der Waals surface area contributed by atoms with Crippen LogP contribution in [0, 0.1) is 5.92 Å². The van der Waals surface area contributed by atoms with Gasteiger partial charge in [-0.15, -0.1) is 0 Å². The van der Waals surface area contributed by atoms with Crippen molar-refractivity contribution in [1.82, 2.24) is 15.0 Å². The molecule has 34 heavy (non-hydrogen) atoms. The standard InChI is InChI=1S/C25H33N5O4/c1-15(2)17(5)30(25(32)34-16(3)4)20-13-21-24(26-14-20)29-23(28-21)18-8-7-9-19(12-18)27-22(31)10-11-33-6/h7-9,12-17H,10-11H2,1-6H3,(H,27,31)(H,26,28,29). The SMILES string of the molecule is COCCC(=O)Nc1cccc(-c2nc3cc(N(C(=O)OC(C)C)C(C)C(C)C)cnc3[nH]2)c1. The number of imidazole rings is 1. The van der Waals surface area contributed by atoms with E-state index in [9.17, 15) is 9.59 Å². The minimum atomic E-state index is -0.412. The van der Waals surface area contributed by atoms with E-state index < -0.39 is 6.09 Å². The Morgan fingerprint density at radius 2 is 1.91 bits per heavy atom. The number of aromatic amines is 1. The summed E-state index contributed by atoms with van der Waals surface area (Å²) in [6, 6.07) is 9.15. The normalized spacial score (nSPS) is 12.2. The summed E-state index contributed by atoms with van der Waals surface area (Å²) in [7, 11) is 1.56. The van der Waals surface area contributed by atoms with Crippen molar-refractivity contribution in [2.24, 2.45) is 5.92 Å². The van der Waals surface area contributed by atoms with Crippen LogP contribution in [0.4, 0.5) is 16.2 Å². The molecule has 0 aliphatic rings. The second-order valence-corrected chi connectivity index (χ2v) is 8.81. The van der Waals surface area contributed by atoms with Gasteiger partial charge in [-0.2, -0.15) is 0 Å². The summed E-state index contributed by atoms with van der Waals surface area (Å²) in [5, 5.41) is 2.86. The van der Waals surface area contributed by atoms with Crippen molar-refractivity contribution in [3.05, 3.63) is 36.5 Å². The number of ether oxygens (including phenoxy) is 2. The molecular formula is C25H33N5O4. The van der Waals surface area contributed by atoms with Gasteiger partial charge in [0.1, 0.15) is 11.3 Å². The number of carbonyl (C=O) groups excluding carboxylic acids is 2. The number of amides is 2. The lowest BCUT2D eigenvalue weighted by molar-refractivity contribution is -0.117. The molecule has 0 aliphatic heterocycles. The topological polar surface area (TPSA) is 109 Å². The highest BCUT2D eigenvalue weighted by Gasteiger charge is 2.27. The lowest BCUT2D eigenvalue weighted by atomic mass is 10.0. The first-order valence-corrected chi connectivity index (χ1v) is 11.4. The number of hydrogen-bond acceptors (Lipinski definition) is 6. The highest BCUT2D eigenvalue weighted by Crippen LogP contribution is 2.27. The average molecular weight is 468 g/mol. The number of carbonyl (C=O) groups is 2. The minimum absolute atomic E-state index is 0.0951. The van der Waals surface area contributed by atoms with Gasteiger partial charge in [-0.05, 0) is 44.9 Å². The van der Waals surface area contributed by atoms with E-state index in [4.69, 9.17) is 14.5 Å². The Balaban J connectivity index is 1.90. The van der Waals surface area contributed by atoms with Gasteiger partial charge in [-0.1, -0.05) is 26.0 Å². The molecule has 0 saturated carbocycles. The molecule has 2 aromatic heterocycles. The Morgan fingerprint density at radius 3 is 2.59 bits per heavy atom. The number of nitrogens with one attached hydrogen (secondary N) is 2.